The summed E-state index contributed by atoms with van der Waals surface area (Å²) in [7, 11) is 0. The van der Waals surface area contributed by atoms with Crippen molar-refractivity contribution in [3.05, 3.63) is 70.9 Å². The maximum absolute atomic E-state index is 14.0. The summed E-state index contributed by atoms with van der Waals surface area (Å²) >= 11 is 1.27. The molecule has 0 bridgehead atoms. The first-order valence-electron chi connectivity index (χ1n) is 11.7. The van der Waals surface area contributed by atoms with Crippen LogP contribution in [0.4, 0.5) is 22.0 Å². The van der Waals surface area contributed by atoms with E-state index in [1.807, 2.05) is 0 Å². The number of thioether (sulfide) groups is 1. The number of carbonyl (C=O) groups is 2. The summed E-state index contributed by atoms with van der Waals surface area (Å²) in [6.45, 7) is -0.0399. The molecule has 0 radical (unpaired) electrons. The molecule has 0 spiro atoms. The number of nitrogens with zero attached hydrogens (tertiary/aromatic N) is 5. The second-order valence-corrected chi connectivity index (χ2v) is 9.39. The number of carbonyl (C=O) groups excluding carboxylic acids is 2. The number of Topliss-reactive ketones (excluding diaryl/α,β-unsaturated/α-hetero) is 1. The summed E-state index contributed by atoms with van der Waals surface area (Å²) in [4.78, 5) is 42.3. The summed E-state index contributed by atoms with van der Waals surface area (Å²) in [5.41, 5.74) is 0.300. The van der Waals surface area contributed by atoms with Crippen molar-refractivity contribution in [3.63, 3.8) is 0 Å². The highest BCUT2D eigenvalue weighted by Gasteiger charge is 2.35. The predicted octanol–water partition coefficient (Wildman–Crippen LogP) is 4.50. The first-order valence-corrected chi connectivity index (χ1v) is 13.0. The number of piperidine rings is 1. The molecule has 0 atom stereocenters. The van der Waals surface area contributed by atoms with Crippen LogP contribution in [0, 0.1) is 11.6 Å². The van der Waals surface area contributed by atoms with Gasteiger partial charge < -0.3 is 9.64 Å². The molecular formula is C25H22F5N5O3S. The highest BCUT2D eigenvalue weighted by Crippen LogP contribution is 2.31. The van der Waals surface area contributed by atoms with E-state index in [4.69, 9.17) is 4.74 Å². The molecule has 1 aliphatic heterocycles. The number of halogens is 5. The third-order valence-corrected chi connectivity index (χ3v) is 6.70. The largest absolute Gasteiger partial charge is 0.469 e. The van der Waals surface area contributed by atoms with Crippen LogP contribution in [-0.2, 0) is 17.4 Å². The van der Waals surface area contributed by atoms with Gasteiger partial charge in [-0.15, -0.1) is 0 Å². The highest BCUT2D eigenvalue weighted by atomic mass is 32.2. The normalized spacial score (nSPS) is 14.4. The highest BCUT2D eigenvalue weighted by molar-refractivity contribution is 7.98. The summed E-state index contributed by atoms with van der Waals surface area (Å²) in [6.07, 6.45) is -0.325. The van der Waals surface area contributed by atoms with Crippen molar-refractivity contribution < 1.29 is 36.3 Å². The number of likely N-dealkylation sites (tertiary alicyclic amines) is 1. The van der Waals surface area contributed by atoms with Gasteiger partial charge in [0.2, 0.25) is 23.4 Å². The Bertz CT molecular complexity index is 1350. The van der Waals surface area contributed by atoms with E-state index in [-0.39, 0.29) is 30.1 Å². The molecule has 3 heterocycles. The first-order chi connectivity index (χ1) is 18.6. The van der Waals surface area contributed by atoms with E-state index in [0.717, 1.165) is 24.4 Å². The maximum atomic E-state index is 14.0. The lowest BCUT2D eigenvalue weighted by Crippen LogP contribution is -2.39. The Morgan fingerprint density at radius 2 is 1.77 bits per heavy atom. The zero-order chi connectivity index (χ0) is 28.2. The molecule has 1 fully saturated rings. The molecule has 1 amide bonds. The van der Waals surface area contributed by atoms with Gasteiger partial charge in [-0.25, -0.2) is 23.7 Å². The quantitative estimate of drug-likeness (QED) is 0.170. The number of alkyl halides is 3. The van der Waals surface area contributed by atoms with Gasteiger partial charge in [-0.05, 0) is 31.2 Å². The number of amides is 1. The van der Waals surface area contributed by atoms with Crippen molar-refractivity contribution in [1.82, 2.24) is 24.8 Å². The Morgan fingerprint density at radius 1 is 1.08 bits per heavy atom. The van der Waals surface area contributed by atoms with E-state index in [1.54, 1.807) is 6.26 Å². The molecule has 1 aliphatic rings. The topological polar surface area (TPSA) is 98.2 Å². The number of hydrogen-bond donors (Lipinski definition) is 0. The van der Waals surface area contributed by atoms with Gasteiger partial charge in [0.1, 0.15) is 11.6 Å². The Kier molecular flexibility index (Phi) is 8.73. The monoisotopic (exact) mass is 567 g/mol. The standard InChI is InChI=1S/C25H22F5N5O3S/c1-39-24-32-12-16(19(36)13-38-20-5-8-31-23(33-20)25(28,29)30)22(34-24)14-6-9-35(10-7-14)21(37)11-15-17(26)3-2-4-18(15)27/h2-5,8,12,14H,6-7,9-11,13H2,1H3. The van der Waals surface area contributed by atoms with Crippen LogP contribution >= 0.6 is 11.8 Å². The fraction of sp³-hybridized carbons (Fsp3) is 0.360. The van der Waals surface area contributed by atoms with Crippen molar-refractivity contribution in [2.24, 2.45) is 0 Å². The lowest BCUT2D eigenvalue weighted by atomic mass is 9.89. The number of aromatic nitrogens is 4. The summed E-state index contributed by atoms with van der Waals surface area (Å²) in [6, 6.07) is 4.53. The molecule has 0 N–H and O–H groups in total. The number of rotatable bonds is 8. The molecule has 39 heavy (non-hydrogen) atoms. The molecule has 206 valence electrons. The van der Waals surface area contributed by atoms with E-state index in [2.05, 4.69) is 19.9 Å². The fourth-order valence-electron chi connectivity index (χ4n) is 4.15. The van der Waals surface area contributed by atoms with Crippen LogP contribution in [0.2, 0.25) is 0 Å². The molecule has 4 rings (SSSR count). The van der Waals surface area contributed by atoms with Crippen LogP contribution in [0.3, 0.4) is 0 Å². The molecule has 0 aliphatic carbocycles. The fourth-order valence-corrected chi connectivity index (χ4v) is 4.49. The van der Waals surface area contributed by atoms with E-state index in [9.17, 15) is 31.5 Å². The minimum atomic E-state index is -4.77. The number of ether oxygens (including phenoxy) is 1. The smallest absolute Gasteiger partial charge is 0.451 e. The maximum Gasteiger partial charge on any atom is 0.451 e. The molecule has 8 nitrogen and oxygen atoms in total. The average molecular weight is 568 g/mol. The van der Waals surface area contributed by atoms with Gasteiger partial charge in [0, 0.05) is 43.0 Å². The Labute approximate surface area is 224 Å². The Hall–Kier alpha value is -3.68. The van der Waals surface area contributed by atoms with Gasteiger partial charge in [0.15, 0.2) is 11.8 Å². The van der Waals surface area contributed by atoms with Gasteiger partial charge in [0.25, 0.3) is 0 Å². The van der Waals surface area contributed by atoms with Crippen LogP contribution in [0.5, 0.6) is 5.88 Å². The molecule has 1 saturated heterocycles. The lowest BCUT2D eigenvalue weighted by molar-refractivity contribution is -0.145. The third-order valence-electron chi connectivity index (χ3n) is 6.14. The molecule has 0 saturated carbocycles. The first kappa shape index (κ1) is 28.3. The van der Waals surface area contributed by atoms with Gasteiger partial charge >= 0.3 is 6.18 Å². The van der Waals surface area contributed by atoms with E-state index < -0.39 is 54.2 Å². The zero-order valence-corrected chi connectivity index (χ0v) is 21.4. The third kappa shape index (κ3) is 6.85. The second kappa shape index (κ2) is 12.0. The summed E-state index contributed by atoms with van der Waals surface area (Å²) in [5.74, 6) is -4.58. The molecule has 2 aromatic heterocycles. The Balaban J connectivity index is 1.44. The van der Waals surface area contributed by atoms with E-state index in [0.29, 0.717) is 23.7 Å². The lowest BCUT2D eigenvalue weighted by Gasteiger charge is -2.32. The van der Waals surface area contributed by atoms with Crippen molar-refractivity contribution in [3.8, 4) is 5.88 Å². The van der Waals surface area contributed by atoms with Crippen LogP contribution in [-0.4, -0.2) is 62.5 Å². The van der Waals surface area contributed by atoms with E-state index >= 15 is 0 Å². The van der Waals surface area contributed by atoms with Gasteiger partial charge in [-0.3, -0.25) is 9.59 Å². The number of ketones is 1. The summed E-state index contributed by atoms with van der Waals surface area (Å²) in [5, 5.41) is 0.418. The molecule has 3 aromatic rings. The van der Waals surface area contributed by atoms with Crippen LogP contribution in [0.25, 0.3) is 0 Å². The Morgan fingerprint density at radius 3 is 2.41 bits per heavy atom. The van der Waals surface area contributed by atoms with Gasteiger partial charge in [-0.1, -0.05) is 17.8 Å². The van der Waals surface area contributed by atoms with Crippen LogP contribution in [0.1, 0.15) is 46.2 Å². The average Bonchev–Trinajstić information content (AvgIpc) is 2.93. The van der Waals surface area contributed by atoms with Crippen molar-refractivity contribution in [2.75, 3.05) is 26.0 Å². The molecular weight excluding hydrogens is 545 g/mol. The SMILES string of the molecule is CSc1ncc(C(=O)COc2ccnc(C(F)(F)F)n2)c(C2CCN(C(=O)Cc3c(F)cccc3F)CC2)n1. The van der Waals surface area contributed by atoms with Crippen molar-refractivity contribution in [1.29, 1.82) is 0 Å². The van der Waals surface area contributed by atoms with Gasteiger partial charge in [0.05, 0.1) is 17.7 Å². The van der Waals surface area contributed by atoms with Crippen molar-refractivity contribution >= 4 is 23.5 Å². The van der Waals surface area contributed by atoms with Crippen LogP contribution < -0.4 is 4.74 Å². The van der Waals surface area contributed by atoms with Crippen LogP contribution in [0.15, 0.2) is 41.8 Å². The summed E-state index contributed by atoms with van der Waals surface area (Å²) < 4.78 is 71.7. The molecule has 0 unspecified atom stereocenters. The number of benzene rings is 1. The van der Waals surface area contributed by atoms with Gasteiger partial charge in [-0.2, -0.15) is 18.2 Å². The molecule has 14 heteroatoms. The minimum absolute atomic E-state index is 0.149. The molecule has 1 aromatic carbocycles. The zero-order valence-electron chi connectivity index (χ0n) is 20.5. The second-order valence-electron chi connectivity index (χ2n) is 8.62. The number of hydrogen-bond acceptors (Lipinski definition) is 8. The van der Waals surface area contributed by atoms with E-state index in [1.165, 1.54) is 28.9 Å². The predicted molar refractivity (Wildman–Crippen MR) is 129 cm³/mol. The minimum Gasteiger partial charge on any atom is -0.469 e. The van der Waals surface area contributed by atoms with Crippen molar-refractivity contribution in [2.45, 2.75) is 36.5 Å².